The largest absolute Gasteiger partial charge is 0.756 e. The Morgan fingerprint density at radius 2 is 0.864 bits per heavy atom. The Hall–Kier alpha value is -2.29. The molecule has 0 saturated heterocycles. The Bertz CT molecular complexity index is 1300. The van der Waals surface area contributed by atoms with Crippen molar-refractivity contribution in [3.8, 4) is 0 Å². The first kappa shape index (κ1) is 63.7. The molecule has 0 N–H and O–H groups in total. The number of quaternary nitrogens is 1. The number of hydrogen-bond donors (Lipinski definition) is 0. The van der Waals surface area contributed by atoms with Crippen LogP contribution < -0.4 is 4.89 Å². The van der Waals surface area contributed by atoms with Gasteiger partial charge in [0.1, 0.15) is 19.8 Å². The van der Waals surface area contributed by atoms with Gasteiger partial charge in [-0.05, 0) is 77.0 Å². The molecule has 0 aliphatic rings. The van der Waals surface area contributed by atoms with E-state index in [2.05, 4.69) is 74.6 Å². The minimum absolute atomic E-state index is 0.0335. The monoisotopic (exact) mass is 948 g/mol. The highest BCUT2D eigenvalue weighted by molar-refractivity contribution is 7.45. The van der Waals surface area contributed by atoms with Gasteiger partial charge < -0.3 is 27.9 Å². The van der Waals surface area contributed by atoms with E-state index in [1.54, 1.807) is 0 Å². The highest BCUT2D eigenvalue weighted by atomic mass is 31.2. The van der Waals surface area contributed by atoms with Gasteiger partial charge in [-0.1, -0.05) is 203 Å². The third-order valence-corrected chi connectivity index (χ3v) is 12.5. The summed E-state index contributed by atoms with van der Waals surface area (Å²) in [6, 6.07) is 0. The predicted molar refractivity (Wildman–Crippen MR) is 277 cm³/mol. The molecule has 0 aliphatic carbocycles. The standard InChI is InChI=1S/C56H102NO8P/c1-6-8-10-12-14-16-18-20-22-24-26-27-28-29-31-33-35-37-39-41-43-45-47-49-56(59)65-54(53-64-66(60,61)63-51-50-57(3,4)5)52-62-55(58)48-46-44-42-40-38-36-34-32-30-25-23-21-19-17-15-13-11-9-7-2/h8,10,14,16,20-23,26-27,54H,6-7,9,11-13,15,17-19,24-25,28-53H2,1-5H3/b10-8-,16-14-,22-20-,23-21-,27-26-. The maximum Gasteiger partial charge on any atom is 0.306 e. The van der Waals surface area contributed by atoms with Gasteiger partial charge in [0.2, 0.25) is 0 Å². The zero-order chi connectivity index (χ0) is 48.5. The molecule has 0 radical (unpaired) electrons. The van der Waals surface area contributed by atoms with Crippen LogP contribution in [-0.2, 0) is 32.7 Å². The predicted octanol–water partition coefficient (Wildman–Crippen LogP) is 15.7. The molecule has 0 rings (SSSR count). The van der Waals surface area contributed by atoms with Gasteiger partial charge >= 0.3 is 11.9 Å². The normalized spacial score (nSPS) is 13.8. The molecule has 0 aromatic carbocycles. The van der Waals surface area contributed by atoms with Crippen LogP contribution in [0.15, 0.2) is 60.8 Å². The Balaban J connectivity index is 4.22. The summed E-state index contributed by atoms with van der Waals surface area (Å²) in [4.78, 5) is 37.8. The van der Waals surface area contributed by atoms with E-state index < -0.39 is 26.5 Å². The van der Waals surface area contributed by atoms with Crippen molar-refractivity contribution in [2.24, 2.45) is 0 Å². The molecule has 0 aromatic rings. The van der Waals surface area contributed by atoms with Crippen molar-refractivity contribution >= 4 is 19.8 Å². The molecule has 0 bridgehead atoms. The molecular formula is C56H102NO8P. The molecule has 66 heavy (non-hydrogen) atoms. The summed E-state index contributed by atoms with van der Waals surface area (Å²) < 4.78 is 34.1. The number of unbranched alkanes of at least 4 members (excludes halogenated alkanes) is 25. The molecule has 0 heterocycles. The van der Waals surface area contributed by atoms with E-state index in [-0.39, 0.29) is 32.0 Å². The van der Waals surface area contributed by atoms with Crippen LogP contribution in [0.25, 0.3) is 0 Å². The lowest BCUT2D eigenvalue weighted by Crippen LogP contribution is -2.37. The molecule has 0 fully saturated rings. The Morgan fingerprint density at radius 1 is 0.485 bits per heavy atom. The first-order valence-corrected chi connectivity index (χ1v) is 28.5. The minimum atomic E-state index is -4.64. The van der Waals surface area contributed by atoms with Crippen LogP contribution in [-0.4, -0.2) is 70.0 Å². The number of carbonyl (C=O) groups is 2. The maximum absolute atomic E-state index is 12.8. The molecule has 0 aliphatic heterocycles. The van der Waals surface area contributed by atoms with Crippen molar-refractivity contribution in [3.05, 3.63) is 60.8 Å². The minimum Gasteiger partial charge on any atom is -0.756 e. The van der Waals surface area contributed by atoms with Gasteiger partial charge in [-0.2, -0.15) is 0 Å². The van der Waals surface area contributed by atoms with Crippen LogP contribution in [0.3, 0.4) is 0 Å². The Kier molecular flexibility index (Phi) is 46.1. The van der Waals surface area contributed by atoms with Crippen LogP contribution >= 0.6 is 7.82 Å². The summed E-state index contributed by atoms with van der Waals surface area (Å²) in [7, 11) is 1.16. The molecule has 9 nitrogen and oxygen atoms in total. The van der Waals surface area contributed by atoms with Crippen LogP contribution in [0.4, 0.5) is 0 Å². The fourth-order valence-corrected chi connectivity index (χ4v) is 8.08. The second-order valence-corrected chi connectivity index (χ2v) is 20.6. The van der Waals surface area contributed by atoms with Crippen molar-refractivity contribution in [1.82, 2.24) is 0 Å². The average molecular weight is 948 g/mol. The van der Waals surface area contributed by atoms with E-state index in [0.717, 1.165) is 70.6 Å². The lowest BCUT2D eigenvalue weighted by atomic mass is 10.0. The molecule has 2 unspecified atom stereocenters. The van der Waals surface area contributed by atoms with Gasteiger partial charge in [0, 0.05) is 12.8 Å². The summed E-state index contributed by atoms with van der Waals surface area (Å²) in [5.41, 5.74) is 0. The summed E-state index contributed by atoms with van der Waals surface area (Å²) in [6.45, 7) is 4.13. The first-order chi connectivity index (χ1) is 32.0. The Labute approximate surface area is 406 Å². The number of hydrogen-bond acceptors (Lipinski definition) is 8. The number of ether oxygens (including phenoxy) is 2. The van der Waals surface area contributed by atoms with Crippen molar-refractivity contribution in [2.45, 2.75) is 238 Å². The topological polar surface area (TPSA) is 111 Å². The quantitative estimate of drug-likeness (QED) is 0.0195. The van der Waals surface area contributed by atoms with Crippen LogP contribution in [0.1, 0.15) is 232 Å². The molecular weight excluding hydrogens is 846 g/mol. The van der Waals surface area contributed by atoms with Crippen molar-refractivity contribution in [3.63, 3.8) is 0 Å². The van der Waals surface area contributed by atoms with Gasteiger partial charge in [0.25, 0.3) is 7.82 Å². The van der Waals surface area contributed by atoms with Crippen molar-refractivity contribution in [1.29, 1.82) is 0 Å². The summed E-state index contributed by atoms with van der Waals surface area (Å²) in [5.74, 6) is -0.837. The highest BCUT2D eigenvalue weighted by Crippen LogP contribution is 2.38. The molecule has 0 saturated carbocycles. The van der Waals surface area contributed by atoms with E-state index in [1.807, 2.05) is 21.1 Å². The second-order valence-electron chi connectivity index (χ2n) is 19.2. The van der Waals surface area contributed by atoms with Gasteiger partial charge in [-0.25, -0.2) is 0 Å². The lowest BCUT2D eigenvalue weighted by molar-refractivity contribution is -0.870. The number of phosphoric ester groups is 1. The fourth-order valence-electron chi connectivity index (χ4n) is 7.35. The summed E-state index contributed by atoms with van der Waals surface area (Å²) >= 11 is 0. The number of phosphoric acid groups is 1. The van der Waals surface area contributed by atoms with E-state index >= 15 is 0 Å². The number of allylic oxidation sites excluding steroid dienone is 10. The third kappa shape index (κ3) is 51.1. The lowest BCUT2D eigenvalue weighted by Gasteiger charge is -2.28. The number of nitrogens with zero attached hydrogens (tertiary/aromatic N) is 1. The van der Waals surface area contributed by atoms with Gasteiger partial charge in [0.05, 0.1) is 27.7 Å². The molecule has 2 atom stereocenters. The van der Waals surface area contributed by atoms with Gasteiger partial charge in [-0.3, -0.25) is 14.2 Å². The van der Waals surface area contributed by atoms with E-state index in [0.29, 0.717) is 17.4 Å². The van der Waals surface area contributed by atoms with Crippen LogP contribution in [0.2, 0.25) is 0 Å². The van der Waals surface area contributed by atoms with E-state index in [9.17, 15) is 19.0 Å². The first-order valence-electron chi connectivity index (χ1n) is 27.0. The Morgan fingerprint density at radius 3 is 1.30 bits per heavy atom. The zero-order valence-electron chi connectivity index (χ0n) is 43.4. The number of likely N-dealkylation sites (N-methyl/N-ethyl adjacent to an activating group) is 1. The van der Waals surface area contributed by atoms with E-state index in [4.69, 9.17) is 18.5 Å². The summed E-state index contributed by atoms with van der Waals surface area (Å²) in [6.07, 6.45) is 59.6. The average Bonchev–Trinajstić information content (AvgIpc) is 3.27. The fraction of sp³-hybridized carbons (Fsp3) is 0.786. The van der Waals surface area contributed by atoms with Crippen molar-refractivity contribution in [2.75, 3.05) is 47.5 Å². The third-order valence-electron chi connectivity index (χ3n) is 11.5. The molecule has 0 aromatic heterocycles. The zero-order valence-corrected chi connectivity index (χ0v) is 44.3. The van der Waals surface area contributed by atoms with E-state index in [1.165, 1.54) is 128 Å². The smallest absolute Gasteiger partial charge is 0.306 e. The highest BCUT2D eigenvalue weighted by Gasteiger charge is 2.21. The molecule has 10 heteroatoms. The second kappa shape index (κ2) is 47.8. The number of rotatable bonds is 49. The molecule has 384 valence electrons. The molecule has 0 amide bonds. The number of carbonyl (C=O) groups excluding carboxylic acids is 2. The van der Waals surface area contributed by atoms with Crippen LogP contribution in [0.5, 0.6) is 0 Å². The summed E-state index contributed by atoms with van der Waals surface area (Å²) in [5, 5.41) is 0. The SMILES string of the molecule is CC/C=C\C/C=C\C/C=C\C/C=C\CCCCCCCCCCCCC(=O)OC(COC(=O)CCCCCCCCCCC/C=C\CCCCCCCC)COP(=O)([O-])OCC[N+](C)(C)C. The van der Waals surface area contributed by atoms with Crippen molar-refractivity contribution < 1.29 is 42.1 Å². The van der Waals surface area contributed by atoms with Crippen LogP contribution in [0, 0.1) is 0 Å². The number of esters is 2. The molecule has 0 spiro atoms. The van der Waals surface area contributed by atoms with Gasteiger partial charge in [-0.15, -0.1) is 0 Å². The maximum atomic E-state index is 12.8. The van der Waals surface area contributed by atoms with Gasteiger partial charge in [0.15, 0.2) is 6.10 Å².